The summed E-state index contributed by atoms with van der Waals surface area (Å²) in [5.74, 6) is -0.421. The molecule has 332 valence electrons. The number of aliphatic hydroxyl groups excluding tert-OH is 6. The minimum absolute atomic E-state index is 0.249. The first-order valence-electron chi connectivity index (χ1n) is 21.7. The number of benzene rings is 2. The molecule has 2 aliphatic heterocycles. The van der Waals surface area contributed by atoms with Gasteiger partial charge in [0, 0.05) is 4.90 Å². The molecule has 2 fully saturated rings. The normalized spacial score (nSPS) is 27.1. The van der Waals surface area contributed by atoms with E-state index in [1.54, 1.807) is 48.2 Å². The molecule has 0 aliphatic carbocycles. The van der Waals surface area contributed by atoms with E-state index in [-0.39, 0.29) is 11.1 Å². The summed E-state index contributed by atoms with van der Waals surface area (Å²) in [6.07, 6.45) is 4.45. The van der Waals surface area contributed by atoms with E-state index < -0.39 is 86.6 Å². The summed E-state index contributed by atoms with van der Waals surface area (Å²) in [4.78, 5) is 26.4. The molecule has 2 aliphatic rings. The van der Waals surface area contributed by atoms with Gasteiger partial charge < -0.3 is 54.3 Å². The Hall–Kier alpha value is -2.63. The number of carbonyl (C=O) groups excluding carboxylic acids is 2. The molecule has 2 aromatic rings. The number of esters is 2. The zero-order valence-electron chi connectivity index (χ0n) is 34.8. The van der Waals surface area contributed by atoms with Crippen LogP contribution in [0.15, 0.2) is 53.4 Å². The molecule has 0 bridgehead atoms. The van der Waals surface area contributed by atoms with Crippen LogP contribution >= 0.6 is 11.8 Å². The maximum Gasteiger partial charge on any atom is 0.338 e. The van der Waals surface area contributed by atoms with Crippen LogP contribution in [0, 0.1) is 6.92 Å². The fourth-order valence-electron chi connectivity index (χ4n) is 7.16. The van der Waals surface area contributed by atoms with Crippen molar-refractivity contribution in [2.24, 2.45) is 0 Å². The van der Waals surface area contributed by atoms with Crippen LogP contribution < -0.4 is 0 Å². The zero-order valence-corrected chi connectivity index (χ0v) is 35.6. The molecule has 0 spiro atoms. The lowest BCUT2D eigenvalue weighted by atomic mass is 9.98. The number of rotatable bonds is 26. The van der Waals surface area contributed by atoms with Gasteiger partial charge in [0.2, 0.25) is 0 Å². The van der Waals surface area contributed by atoms with Crippen molar-refractivity contribution in [1.29, 1.82) is 0 Å². The van der Waals surface area contributed by atoms with Crippen molar-refractivity contribution in [3.05, 3.63) is 65.2 Å². The Morgan fingerprint density at radius 3 is 1.31 bits per heavy atom. The maximum atomic E-state index is 12.9. The average molecular weight is 849 g/mol. The molecule has 0 amide bonds. The van der Waals surface area contributed by atoms with E-state index in [4.69, 9.17) is 23.7 Å². The smallest absolute Gasteiger partial charge is 0.338 e. The molecular formula is C45H68O13S. The third-order valence-electron chi connectivity index (χ3n) is 11.0. The first-order chi connectivity index (χ1) is 28.5. The van der Waals surface area contributed by atoms with E-state index in [1.807, 2.05) is 19.1 Å². The molecule has 13 nitrogen and oxygen atoms in total. The Labute approximate surface area is 353 Å². The van der Waals surface area contributed by atoms with Crippen LogP contribution in [0.5, 0.6) is 0 Å². The van der Waals surface area contributed by atoms with E-state index >= 15 is 0 Å². The largest absolute Gasteiger partial charge is 0.459 e. The number of hydrogen-bond acceptors (Lipinski definition) is 14. The molecule has 59 heavy (non-hydrogen) atoms. The first kappa shape index (κ1) is 49.0. The number of hydrogen-bond donors (Lipinski definition) is 6. The lowest BCUT2D eigenvalue weighted by Gasteiger charge is -2.44. The van der Waals surface area contributed by atoms with Gasteiger partial charge >= 0.3 is 11.9 Å². The first-order valence-corrected chi connectivity index (χ1v) is 22.7. The van der Waals surface area contributed by atoms with Crippen molar-refractivity contribution in [2.75, 3.05) is 19.0 Å². The highest BCUT2D eigenvalue weighted by Crippen LogP contribution is 2.29. The highest BCUT2D eigenvalue weighted by molar-refractivity contribution is 7.99. The predicted octanol–water partition coefficient (Wildman–Crippen LogP) is 5.99. The quantitative estimate of drug-likeness (QED) is 0.0366. The van der Waals surface area contributed by atoms with Gasteiger partial charge in [0.15, 0.2) is 12.6 Å². The second-order valence-electron chi connectivity index (χ2n) is 15.9. The van der Waals surface area contributed by atoms with Crippen LogP contribution in [-0.2, 0) is 23.7 Å². The summed E-state index contributed by atoms with van der Waals surface area (Å²) in [7, 11) is 0. The van der Waals surface area contributed by atoms with Crippen molar-refractivity contribution in [3.63, 3.8) is 0 Å². The van der Waals surface area contributed by atoms with Crippen molar-refractivity contribution in [3.8, 4) is 0 Å². The minimum Gasteiger partial charge on any atom is -0.459 e. The van der Waals surface area contributed by atoms with Crippen LogP contribution in [0.1, 0.15) is 136 Å². The number of aryl methyl sites for hydroxylation is 1. The second kappa shape index (κ2) is 26.6. The number of carbonyl (C=O) groups is 2. The Kier molecular flexibility index (Phi) is 22.1. The van der Waals surface area contributed by atoms with Crippen molar-refractivity contribution in [2.45, 2.75) is 183 Å². The van der Waals surface area contributed by atoms with Gasteiger partial charge in [0.25, 0.3) is 0 Å². The van der Waals surface area contributed by atoms with Crippen LogP contribution in [0.4, 0.5) is 0 Å². The van der Waals surface area contributed by atoms with Crippen LogP contribution in [0.3, 0.4) is 0 Å². The Balaban J connectivity index is 1.12. The molecule has 0 radical (unpaired) electrons. The molecular weight excluding hydrogens is 781 g/mol. The van der Waals surface area contributed by atoms with Gasteiger partial charge in [-0.15, -0.1) is 11.8 Å². The van der Waals surface area contributed by atoms with Crippen LogP contribution in [0.2, 0.25) is 0 Å². The summed E-state index contributed by atoms with van der Waals surface area (Å²) in [6, 6.07) is 13.6. The highest BCUT2D eigenvalue weighted by Gasteiger charge is 2.50. The third kappa shape index (κ3) is 16.3. The standard InChI is InChI=1S/C45H68O13S/c1-3-4-5-6-7-8-9-10-11-12-13-14-15-16-17-18-27-59-33-25-23-32(24-26-33)43(53)55-29-35-37(47)39(49)41(51)45(57-35)58-44-40(50)38(48)36(46)34(56-44)28-54-42(52)31-21-19-30(2)20-22-31/h19-26,34-41,44-51H,3-18,27-29H2,1-2H3/t34-,35-,36-,37-,38+,39+,40-,41-,44-,45-/m1/s1. The number of unbranched alkanes of at least 4 members (excludes halogenated alkanes) is 15. The van der Waals surface area contributed by atoms with Gasteiger partial charge in [0.1, 0.15) is 62.0 Å². The monoisotopic (exact) mass is 848 g/mol. The fourth-order valence-corrected chi connectivity index (χ4v) is 8.08. The van der Waals surface area contributed by atoms with Crippen LogP contribution in [0.25, 0.3) is 0 Å². The van der Waals surface area contributed by atoms with Crippen LogP contribution in [-0.4, -0.2) is 123 Å². The van der Waals surface area contributed by atoms with E-state index in [9.17, 15) is 40.2 Å². The molecule has 2 aromatic carbocycles. The minimum atomic E-state index is -1.85. The van der Waals surface area contributed by atoms with Crippen molar-refractivity contribution in [1.82, 2.24) is 0 Å². The molecule has 0 unspecified atom stereocenters. The van der Waals surface area contributed by atoms with Gasteiger partial charge in [-0.05, 0) is 55.5 Å². The second-order valence-corrected chi connectivity index (χ2v) is 17.1. The Morgan fingerprint density at radius 1 is 0.525 bits per heavy atom. The summed E-state index contributed by atoms with van der Waals surface area (Å²) in [6.45, 7) is 3.08. The lowest BCUT2D eigenvalue weighted by molar-refractivity contribution is -0.376. The van der Waals surface area contributed by atoms with Crippen molar-refractivity contribution >= 4 is 23.7 Å². The molecule has 2 saturated heterocycles. The van der Waals surface area contributed by atoms with E-state index in [0.717, 1.165) is 22.6 Å². The molecule has 0 saturated carbocycles. The van der Waals surface area contributed by atoms with Gasteiger partial charge in [-0.1, -0.05) is 121 Å². The highest BCUT2D eigenvalue weighted by atomic mass is 32.2. The van der Waals surface area contributed by atoms with Crippen molar-refractivity contribution < 1.29 is 63.9 Å². The molecule has 4 rings (SSSR count). The van der Waals surface area contributed by atoms with E-state index in [2.05, 4.69) is 6.92 Å². The summed E-state index contributed by atoms with van der Waals surface area (Å²) >= 11 is 1.73. The SMILES string of the molecule is CCCCCCCCCCCCCCCCCCSc1ccc(C(=O)OC[C@H]2O[C@H](O[C@H]3O[C@H](COC(=O)c4ccc(C)cc4)[C@@H](O)[C@H](O)[C@H]3O)[C@H](O)[C@@H](O)[C@@H]2O)cc1. The molecule has 10 atom stereocenters. The Bertz CT molecular complexity index is 1480. The maximum absolute atomic E-state index is 12.9. The number of thioether (sulfide) groups is 1. The summed E-state index contributed by atoms with van der Waals surface area (Å²) in [5.41, 5.74) is 1.46. The predicted molar refractivity (Wildman–Crippen MR) is 223 cm³/mol. The summed E-state index contributed by atoms with van der Waals surface area (Å²) in [5, 5.41) is 63.4. The van der Waals surface area contributed by atoms with E-state index in [1.165, 1.54) is 96.3 Å². The molecule has 0 aromatic heterocycles. The third-order valence-corrected chi connectivity index (χ3v) is 12.1. The van der Waals surface area contributed by atoms with Gasteiger partial charge in [0.05, 0.1) is 11.1 Å². The molecule has 14 heteroatoms. The van der Waals surface area contributed by atoms with E-state index in [0.29, 0.717) is 0 Å². The number of aliphatic hydroxyl groups is 6. The van der Waals surface area contributed by atoms with Gasteiger partial charge in [-0.25, -0.2) is 9.59 Å². The lowest BCUT2D eigenvalue weighted by Crippen LogP contribution is -2.64. The topological polar surface area (TPSA) is 202 Å². The fraction of sp³-hybridized carbons (Fsp3) is 0.689. The van der Waals surface area contributed by atoms with Gasteiger partial charge in [-0.3, -0.25) is 0 Å². The van der Waals surface area contributed by atoms with Gasteiger partial charge in [-0.2, -0.15) is 0 Å². The zero-order chi connectivity index (χ0) is 42.6. The average Bonchev–Trinajstić information content (AvgIpc) is 3.24. The Morgan fingerprint density at radius 2 is 0.898 bits per heavy atom. The summed E-state index contributed by atoms with van der Waals surface area (Å²) < 4.78 is 27.5. The molecule has 2 heterocycles. The molecule has 6 N–H and O–H groups in total. The number of ether oxygens (including phenoxy) is 5.